The minimum absolute atomic E-state index is 0.134. The molecule has 3 nitrogen and oxygen atoms in total. The number of rotatable bonds is 2. The van der Waals surface area contributed by atoms with Gasteiger partial charge in [-0.25, -0.2) is 0 Å². The molecule has 0 bridgehead atoms. The van der Waals surface area contributed by atoms with Gasteiger partial charge in [-0.15, -0.1) is 0 Å². The second kappa shape index (κ2) is 3.57. The number of hydrogen-bond donors (Lipinski definition) is 0. The number of carbonyl (C=O) groups excluding carboxylic acids is 1. The van der Waals surface area contributed by atoms with Gasteiger partial charge in [0.2, 0.25) is 5.91 Å². The average Bonchev–Trinajstić information content (AvgIpc) is 2.32. The molecule has 1 aliphatic heterocycles. The summed E-state index contributed by atoms with van der Waals surface area (Å²) in [5.74, 6) is 0.582. The van der Waals surface area contributed by atoms with Crippen molar-refractivity contribution in [1.29, 1.82) is 5.26 Å². The maximum Gasteiger partial charge on any atom is 0.223 e. The highest BCUT2D eigenvalue weighted by Gasteiger charge is 2.30. The van der Waals surface area contributed by atoms with Crippen LogP contribution >= 0.6 is 0 Å². The molecule has 1 aliphatic rings. The second-order valence-corrected chi connectivity index (χ2v) is 3.62. The third-order valence-electron chi connectivity index (χ3n) is 2.04. The van der Waals surface area contributed by atoms with E-state index >= 15 is 0 Å². The van der Waals surface area contributed by atoms with Gasteiger partial charge >= 0.3 is 0 Å². The highest BCUT2D eigenvalue weighted by Crippen LogP contribution is 2.18. The molecule has 0 aromatic rings. The van der Waals surface area contributed by atoms with Crippen LogP contribution in [0.4, 0.5) is 0 Å². The molecular weight excluding hydrogens is 152 g/mol. The van der Waals surface area contributed by atoms with Crippen LogP contribution in [0, 0.1) is 17.2 Å². The molecule has 1 unspecified atom stereocenters. The topological polar surface area (TPSA) is 44.1 Å². The minimum atomic E-state index is -0.167. The first-order valence-electron chi connectivity index (χ1n) is 4.34. The van der Waals surface area contributed by atoms with E-state index in [1.165, 1.54) is 0 Å². The highest BCUT2D eigenvalue weighted by molar-refractivity contribution is 5.79. The Morgan fingerprint density at radius 3 is 2.92 bits per heavy atom. The van der Waals surface area contributed by atoms with Gasteiger partial charge in [0.25, 0.3) is 0 Å². The molecule has 1 fully saturated rings. The molecule has 0 aromatic carbocycles. The summed E-state index contributed by atoms with van der Waals surface area (Å²) >= 11 is 0. The van der Waals surface area contributed by atoms with Crippen LogP contribution in [0.2, 0.25) is 0 Å². The predicted molar refractivity (Wildman–Crippen MR) is 45.2 cm³/mol. The van der Waals surface area contributed by atoms with E-state index in [0.717, 1.165) is 6.54 Å². The van der Waals surface area contributed by atoms with E-state index in [0.29, 0.717) is 18.8 Å². The van der Waals surface area contributed by atoms with Gasteiger partial charge in [0.15, 0.2) is 0 Å². The fraction of sp³-hybridized carbons (Fsp3) is 0.778. The Bertz CT molecular complexity index is 217. The molecule has 0 aliphatic carbocycles. The lowest BCUT2D eigenvalue weighted by molar-refractivity contribution is -0.128. The van der Waals surface area contributed by atoms with Gasteiger partial charge in [-0.2, -0.15) is 5.26 Å². The molecule has 0 radical (unpaired) electrons. The van der Waals surface area contributed by atoms with Gasteiger partial charge in [0.1, 0.15) is 6.04 Å². The van der Waals surface area contributed by atoms with Crippen molar-refractivity contribution >= 4 is 5.91 Å². The standard InChI is InChI=1S/C9H14N2O/c1-7(2)6-11-8(5-10)3-4-9(11)12/h7-8H,3-4,6H2,1-2H3. The zero-order valence-corrected chi connectivity index (χ0v) is 7.58. The molecule has 1 amide bonds. The molecule has 0 N–H and O–H groups in total. The SMILES string of the molecule is CC(C)CN1C(=O)CCC1C#N. The van der Waals surface area contributed by atoms with Crippen LogP contribution in [-0.2, 0) is 4.79 Å². The molecule has 1 atom stereocenters. The monoisotopic (exact) mass is 166 g/mol. The van der Waals surface area contributed by atoms with Crippen LogP contribution < -0.4 is 0 Å². The molecule has 0 spiro atoms. The number of amides is 1. The van der Waals surface area contributed by atoms with Gasteiger partial charge < -0.3 is 4.90 Å². The molecule has 1 rings (SSSR count). The summed E-state index contributed by atoms with van der Waals surface area (Å²) in [6, 6.07) is 1.99. The highest BCUT2D eigenvalue weighted by atomic mass is 16.2. The first-order valence-corrected chi connectivity index (χ1v) is 4.34. The number of hydrogen-bond acceptors (Lipinski definition) is 2. The van der Waals surface area contributed by atoms with E-state index < -0.39 is 0 Å². The Kier molecular flexibility index (Phi) is 2.69. The minimum Gasteiger partial charge on any atom is -0.326 e. The Morgan fingerprint density at radius 2 is 2.42 bits per heavy atom. The van der Waals surface area contributed by atoms with Crippen molar-refractivity contribution in [3.05, 3.63) is 0 Å². The van der Waals surface area contributed by atoms with Crippen molar-refractivity contribution in [2.24, 2.45) is 5.92 Å². The molecule has 1 saturated heterocycles. The van der Waals surface area contributed by atoms with Crippen molar-refractivity contribution in [3.63, 3.8) is 0 Å². The number of nitrogens with zero attached hydrogens (tertiary/aromatic N) is 2. The molecular formula is C9H14N2O. The van der Waals surface area contributed by atoms with Gasteiger partial charge in [0.05, 0.1) is 6.07 Å². The molecule has 12 heavy (non-hydrogen) atoms. The first kappa shape index (κ1) is 9.05. The lowest BCUT2D eigenvalue weighted by Crippen LogP contribution is -2.35. The van der Waals surface area contributed by atoms with Gasteiger partial charge in [-0.1, -0.05) is 13.8 Å². The average molecular weight is 166 g/mol. The summed E-state index contributed by atoms with van der Waals surface area (Å²) < 4.78 is 0. The maximum atomic E-state index is 11.3. The summed E-state index contributed by atoms with van der Waals surface area (Å²) in [5.41, 5.74) is 0. The lowest BCUT2D eigenvalue weighted by atomic mass is 10.2. The van der Waals surface area contributed by atoms with Crippen molar-refractivity contribution in [2.45, 2.75) is 32.7 Å². The number of carbonyl (C=O) groups is 1. The molecule has 66 valence electrons. The second-order valence-electron chi connectivity index (χ2n) is 3.62. The van der Waals surface area contributed by atoms with Gasteiger partial charge in [-0.05, 0) is 12.3 Å². The van der Waals surface area contributed by atoms with Crippen LogP contribution in [-0.4, -0.2) is 23.4 Å². The maximum absolute atomic E-state index is 11.3. The largest absolute Gasteiger partial charge is 0.326 e. The predicted octanol–water partition coefficient (Wildman–Crippen LogP) is 1.16. The van der Waals surface area contributed by atoms with Crippen molar-refractivity contribution in [1.82, 2.24) is 4.90 Å². The normalized spacial score (nSPS) is 23.3. The summed E-state index contributed by atoms with van der Waals surface area (Å²) in [5, 5.41) is 8.72. The Morgan fingerprint density at radius 1 is 1.75 bits per heavy atom. The first-order chi connectivity index (χ1) is 5.65. The van der Waals surface area contributed by atoms with Crippen LogP contribution in [0.25, 0.3) is 0 Å². The van der Waals surface area contributed by atoms with Crippen LogP contribution in [0.15, 0.2) is 0 Å². The summed E-state index contributed by atoms with van der Waals surface area (Å²) in [6.07, 6.45) is 1.26. The summed E-state index contributed by atoms with van der Waals surface area (Å²) in [6.45, 7) is 4.83. The van der Waals surface area contributed by atoms with E-state index in [1.54, 1.807) is 4.90 Å². The lowest BCUT2D eigenvalue weighted by Gasteiger charge is -2.21. The van der Waals surface area contributed by atoms with E-state index in [9.17, 15) is 4.79 Å². The Balaban J connectivity index is 2.59. The Hall–Kier alpha value is -1.04. The third-order valence-corrected chi connectivity index (χ3v) is 2.04. The zero-order chi connectivity index (χ0) is 9.14. The fourth-order valence-electron chi connectivity index (χ4n) is 1.49. The molecule has 1 heterocycles. The summed E-state index contributed by atoms with van der Waals surface area (Å²) in [7, 11) is 0. The number of nitriles is 1. The van der Waals surface area contributed by atoms with Crippen LogP contribution in [0.1, 0.15) is 26.7 Å². The van der Waals surface area contributed by atoms with Crippen LogP contribution in [0.5, 0.6) is 0 Å². The van der Waals surface area contributed by atoms with E-state index in [2.05, 4.69) is 19.9 Å². The quantitative estimate of drug-likeness (QED) is 0.617. The third kappa shape index (κ3) is 1.76. The van der Waals surface area contributed by atoms with E-state index in [-0.39, 0.29) is 11.9 Å². The van der Waals surface area contributed by atoms with Gasteiger partial charge in [-0.3, -0.25) is 4.79 Å². The van der Waals surface area contributed by atoms with E-state index in [4.69, 9.17) is 5.26 Å². The van der Waals surface area contributed by atoms with Gasteiger partial charge in [0, 0.05) is 13.0 Å². The zero-order valence-electron chi connectivity index (χ0n) is 7.58. The molecule has 3 heteroatoms. The number of likely N-dealkylation sites (tertiary alicyclic amines) is 1. The smallest absolute Gasteiger partial charge is 0.223 e. The van der Waals surface area contributed by atoms with Crippen molar-refractivity contribution in [3.8, 4) is 6.07 Å². The van der Waals surface area contributed by atoms with E-state index in [1.807, 2.05) is 0 Å². The molecule has 0 saturated carbocycles. The Labute approximate surface area is 73.0 Å². The fourth-order valence-corrected chi connectivity index (χ4v) is 1.49. The van der Waals surface area contributed by atoms with Crippen molar-refractivity contribution in [2.75, 3.05) is 6.54 Å². The molecule has 0 aromatic heterocycles. The van der Waals surface area contributed by atoms with Crippen molar-refractivity contribution < 1.29 is 4.79 Å². The van der Waals surface area contributed by atoms with Crippen LogP contribution in [0.3, 0.4) is 0 Å². The summed E-state index contributed by atoms with van der Waals surface area (Å²) in [4.78, 5) is 13.0.